The van der Waals surface area contributed by atoms with Crippen LogP contribution in [0.5, 0.6) is 0 Å². The first-order chi connectivity index (χ1) is 7.47. The molecule has 0 radical (unpaired) electrons. The molecule has 0 amide bonds. The molecule has 0 fully saturated rings. The van der Waals surface area contributed by atoms with Crippen LogP contribution in [0.2, 0.25) is 0 Å². The summed E-state index contributed by atoms with van der Waals surface area (Å²) in [5.74, 6) is -0.446. The van der Waals surface area contributed by atoms with Crippen molar-refractivity contribution in [2.24, 2.45) is 0 Å². The fourth-order valence-electron chi connectivity index (χ4n) is 1.47. The number of carbonyl (C=O) groups is 1. The number of benzene rings is 1. The van der Waals surface area contributed by atoms with Gasteiger partial charge >= 0.3 is 5.97 Å². The minimum atomic E-state index is -1.35. The first-order valence-electron chi connectivity index (χ1n) is 5.03. The number of hydrogen-bond donors (Lipinski definition) is 0. The summed E-state index contributed by atoms with van der Waals surface area (Å²) < 4.78 is 16.7. The van der Waals surface area contributed by atoms with Crippen LogP contribution >= 0.6 is 0 Å². The van der Waals surface area contributed by atoms with Gasteiger partial charge in [-0.2, -0.15) is 0 Å². The Balaban J connectivity index is 3.01. The van der Waals surface area contributed by atoms with Crippen LogP contribution in [-0.4, -0.2) is 22.5 Å². The molecule has 1 aromatic rings. The number of ether oxygens (including phenoxy) is 1. The summed E-state index contributed by atoms with van der Waals surface area (Å²) in [5, 5.41) is -0.633. The molecule has 0 aliphatic rings. The Morgan fingerprint density at radius 1 is 1.38 bits per heavy atom. The predicted octanol–water partition coefficient (Wildman–Crippen LogP) is 1.97. The van der Waals surface area contributed by atoms with Crippen molar-refractivity contribution in [3.63, 3.8) is 0 Å². The Kier molecular flexibility index (Phi) is 4.24. The highest BCUT2D eigenvalue weighted by Crippen LogP contribution is 2.18. The van der Waals surface area contributed by atoms with E-state index in [0.29, 0.717) is 4.90 Å². The Morgan fingerprint density at radius 2 is 2.00 bits per heavy atom. The normalized spacial score (nSPS) is 14.2. The molecule has 0 N–H and O–H groups in total. The minimum absolute atomic E-state index is 0.446. The fourth-order valence-corrected chi connectivity index (χ4v) is 2.70. The second-order valence-electron chi connectivity index (χ2n) is 3.73. The number of rotatable bonds is 3. The molecule has 0 aliphatic heterocycles. The third-order valence-corrected chi connectivity index (χ3v) is 4.13. The van der Waals surface area contributed by atoms with Crippen molar-refractivity contribution in [1.82, 2.24) is 0 Å². The van der Waals surface area contributed by atoms with Gasteiger partial charge in [-0.3, -0.25) is 9.00 Å². The van der Waals surface area contributed by atoms with Crippen molar-refractivity contribution in [2.45, 2.75) is 30.9 Å². The van der Waals surface area contributed by atoms with E-state index in [0.717, 1.165) is 11.1 Å². The predicted molar refractivity (Wildman–Crippen MR) is 63.8 cm³/mol. The second-order valence-corrected chi connectivity index (χ2v) is 5.47. The average molecular weight is 240 g/mol. The number of aryl methyl sites for hydroxylation is 2. The number of carbonyl (C=O) groups excluding carboxylic acids is 1. The molecular formula is C12H16O3S. The van der Waals surface area contributed by atoms with E-state index in [9.17, 15) is 9.00 Å². The standard InChI is InChI=1S/C12H16O3S/c1-8-5-6-11(9(2)7-8)16(14)10(3)12(13)15-4/h5-7,10H,1-4H3. The zero-order chi connectivity index (χ0) is 12.3. The maximum absolute atomic E-state index is 12.1. The summed E-state index contributed by atoms with van der Waals surface area (Å²) >= 11 is 0. The van der Waals surface area contributed by atoms with E-state index in [1.807, 2.05) is 26.0 Å². The molecule has 3 nitrogen and oxygen atoms in total. The molecule has 2 unspecified atom stereocenters. The topological polar surface area (TPSA) is 43.4 Å². The maximum atomic E-state index is 12.1. The van der Waals surface area contributed by atoms with Crippen LogP contribution in [0.1, 0.15) is 18.1 Å². The highest BCUT2D eigenvalue weighted by atomic mass is 32.2. The van der Waals surface area contributed by atoms with E-state index in [1.54, 1.807) is 13.0 Å². The van der Waals surface area contributed by atoms with Gasteiger partial charge < -0.3 is 4.74 Å². The Morgan fingerprint density at radius 3 is 2.50 bits per heavy atom. The highest BCUT2D eigenvalue weighted by Gasteiger charge is 2.23. The van der Waals surface area contributed by atoms with Gasteiger partial charge in [-0.15, -0.1) is 0 Å². The molecule has 0 saturated heterocycles. The molecule has 88 valence electrons. The molecule has 0 heterocycles. The number of esters is 1. The molecule has 16 heavy (non-hydrogen) atoms. The Labute approximate surface area is 98.3 Å². The summed E-state index contributed by atoms with van der Waals surface area (Å²) in [4.78, 5) is 12.0. The lowest BCUT2D eigenvalue weighted by Crippen LogP contribution is -2.24. The summed E-state index contributed by atoms with van der Waals surface area (Å²) in [6, 6.07) is 5.65. The van der Waals surface area contributed by atoms with Gasteiger partial charge in [0.05, 0.1) is 17.9 Å². The van der Waals surface area contributed by atoms with Gasteiger partial charge in [0, 0.05) is 4.90 Å². The van der Waals surface area contributed by atoms with Gasteiger partial charge in [-0.05, 0) is 32.4 Å². The largest absolute Gasteiger partial charge is 0.468 e. The van der Waals surface area contributed by atoms with Gasteiger partial charge in [-0.1, -0.05) is 17.7 Å². The van der Waals surface area contributed by atoms with Crippen molar-refractivity contribution in [2.75, 3.05) is 7.11 Å². The minimum Gasteiger partial charge on any atom is -0.468 e. The first kappa shape index (κ1) is 12.9. The van der Waals surface area contributed by atoms with Gasteiger partial charge in [0.25, 0.3) is 0 Å². The molecule has 0 saturated carbocycles. The van der Waals surface area contributed by atoms with Crippen molar-refractivity contribution in [3.8, 4) is 0 Å². The van der Waals surface area contributed by atoms with Gasteiger partial charge in [-0.25, -0.2) is 0 Å². The lowest BCUT2D eigenvalue weighted by molar-refractivity contribution is -0.139. The lowest BCUT2D eigenvalue weighted by Gasteiger charge is -2.11. The van der Waals surface area contributed by atoms with E-state index in [4.69, 9.17) is 0 Å². The van der Waals surface area contributed by atoms with E-state index < -0.39 is 22.0 Å². The van der Waals surface area contributed by atoms with Crippen molar-refractivity contribution in [3.05, 3.63) is 29.3 Å². The molecule has 0 aromatic heterocycles. The van der Waals surface area contributed by atoms with Gasteiger partial charge in [0.1, 0.15) is 5.25 Å². The smallest absolute Gasteiger partial charge is 0.321 e. The van der Waals surface area contributed by atoms with Gasteiger partial charge in [0.2, 0.25) is 0 Å². The molecular weight excluding hydrogens is 224 g/mol. The van der Waals surface area contributed by atoms with Crippen LogP contribution in [-0.2, 0) is 20.3 Å². The molecule has 1 aromatic carbocycles. The molecule has 0 spiro atoms. The zero-order valence-corrected chi connectivity index (χ0v) is 10.8. The SMILES string of the molecule is COC(=O)C(C)S(=O)c1ccc(C)cc1C. The van der Waals surface area contributed by atoms with Crippen LogP contribution < -0.4 is 0 Å². The van der Waals surface area contributed by atoms with Crippen LogP contribution in [0.15, 0.2) is 23.1 Å². The van der Waals surface area contributed by atoms with E-state index in [2.05, 4.69) is 4.74 Å². The average Bonchev–Trinajstić information content (AvgIpc) is 2.26. The zero-order valence-electron chi connectivity index (χ0n) is 9.94. The quantitative estimate of drug-likeness (QED) is 0.759. The summed E-state index contributed by atoms with van der Waals surface area (Å²) in [7, 11) is -0.0489. The lowest BCUT2D eigenvalue weighted by atomic mass is 10.2. The van der Waals surface area contributed by atoms with E-state index >= 15 is 0 Å². The third-order valence-electron chi connectivity index (χ3n) is 2.40. The maximum Gasteiger partial charge on any atom is 0.321 e. The fraction of sp³-hybridized carbons (Fsp3) is 0.417. The van der Waals surface area contributed by atoms with Crippen molar-refractivity contribution in [1.29, 1.82) is 0 Å². The second kappa shape index (κ2) is 5.25. The first-order valence-corrected chi connectivity index (χ1v) is 6.24. The monoisotopic (exact) mass is 240 g/mol. The molecule has 4 heteroatoms. The van der Waals surface area contributed by atoms with Crippen LogP contribution in [0.25, 0.3) is 0 Å². The molecule has 0 aliphatic carbocycles. The molecule has 2 atom stereocenters. The molecule has 0 bridgehead atoms. The van der Waals surface area contributed by atoms with Crippen molar-refractivity contribution >= 4 is 16.8 Å². The van der Waals surface area contributed by atoms with Crippen molar-refractivity contribution < 1.29 is 13.7 Å². The van der Waals surface area contributed by atoms with Crippen LogP contribution in [0, 0.1) is 13.8 Å². The Bertz CT molecular complexity index is 426. The summed E-state index contributed by atoms with van der Waals surface area (Å²) in [5.41, 5.74) is 2.05. The number of hydrogen-bond acceptors (Lipinski definition) is 3. The summed E-state index contributed by atoms with van der Waals surface area (Å²) in [6.07, 6.45) is 0. The third kappa shape index (κ3) is 2.70. The summed E-state index contributed by atoms with van der Waals surface area (Å²) in [6.45, 7) is 5.48. The Hall–Kier alpha value is -1.16. The van der Waals surface area contributed by atoms with E-state index in [-0.39, 0.29) is 0 Å². The van der Waals surface area contributed by atoms with Crippen LogP contribution in [0.4, 0.5) is 0 Å². The number of methoxy groups -OCH3 is 1. The van der Waals surface area contributed by atoms with Crippen LogP contribution in [0.3, 0.4) is 0 Å². The van der Waals surface area contributed by atoms with E-state index in [1.165, 1.54) is 7.11 Å². The molecule has 1 rings (SSSR count). The van der Waals surface area contributed by atoms with Gasteiger partial charge in [0.15, 0.2) is 0 Å². The highest BCUT2D eigenvalue weighted by molar-refractivity contribution is 7.86.